The summed E-state index contributed by atoms with van der Waals surface area (Å²) in [5.74, 6) is 1.57. The van der Waals surface area contributed by atoms with E-state index in [1.165, 1.54) is 11.0 Å². The fraction of sp³-hybridized carbons (Fsp3) is 0.235. The van der Waals surface area contributed by atoms with Gasteiger partial charge in [-0.25, -0.2) is 13.6 Å². The SMILES string of the molecule is CN=C(NCCSc1ccccc1)NCc1cccc(S(N)(=O)=O)c1.I. The Labute approximate surface area is 176 Å². The molecule has 0 radical (unpaired) electrons. The molecule has 0 atom stereocenters. The smallest absolute Gasteiger partial charge is 0.238 e. The predicted octanol–water partition coefficient (Wildman–Crippen LogP) is 2.41. The number of halogens is 1. The Morgan fingerprint density at radius 1 is 1.12 bits per heavy atom. The third-order valence-electron chi connectivity index (χ3n) is 3.32. The van der Waals surface area contributed by atoms with E-state index in [9.17, 15) is 8.42 Å². The van der Waals surface area contributed by atoms with Gasteiger partial charge < -0.3 is 10.6 Å². The largest absolute Gasteiger partial charge is 0.356 e. The normalized spacial score (nSPS) is 11.5. The van der Waals surface area contributed by atoms with Crippen molar-refractivity contribution in [3.05, 3.63) is 60.2 Å². The topological polar surface area (TPSA) is 96.6 Å². The van der Waals surface area contributed by atoms with Crippen LogP contribution in [0.5, 0.6) is 0 Å². The zero-order valence-corrected chi connectivity index (χ0v) is 18.3. The van der Waals surface area contributed by atoms with Gasteiger partial charge in [0.25, 0.3) is 0 Å². The quantitative estimate of drug-likeness (QED) is 0.176. The molecule has 0 amide bonds. The van der Waals surface area contributed by atoms with Crippen LogP contribution in [0.25, 0.3) is 0 Å². The molecule has 9 heteroatoms. The maximum atomic E-state index is 11.4. The van der Waals surface area contributed by atoms with E-state index < -0.39 is 10.0 Å². The molecule has 0 aliphatic rings. The summed E-state index contributed by atoms with van der Waals surface area (Å²) in [5, 5.41) is 11.5. The minimum absolute atomic E-state index is 0. The molecule has 0 fully saturated rings. The molecule has 0 heterocycles. The number of thioether (sulfide) groups is 1. The molecule has 0 saturated heterocycles. The van der Waals surface area contributed by atoms with Crippen molar-refractivity contribution < 1.29 is 8.42 Å². The zero-order valence-electron chi connectivity index (χ0n) is 14.4. The molecule has 142 valence electrons. The van der Waals surface area contributed by atoms with Gasteiger partial charge in [0.15, 0.2) is 5.96 Å². The summed E-state index contributed by atoms with van der Waals surface area (Å²) >= 11 is 1.77. The number of nitrogens with two attached hydrogens (primary N) is 1. The van der Waals surface area contributed by atoms with Gasteiger partial charge in [0.2, 0.25) is 10.0 Å². The molecule has 0 aliphatic carbocycles. The molecule has 0 spiro atoms. The molecular formula is C17H23IN4O2S2. The first-order chi connectivity index (χ1) is 12.0. The number of primary sulfonamides is 1. The number of hydrogen-bond acceptors (Lipinski definition) is 4. The second kappa shape index (κ2) is 11.4. The number of benzene rings is 2. The second-order valence-corrected chi connectivity index (χ2v) is 7.94. The molecule has 0 aliphatic heterocycles. The summed E-state index contributed by atoms with van der Waals surface area (Å²) in [6.45, 7) is 1.21. The first-order valence-corrected chi connectivity index (χ1v) is 10.3. The van der Waals surface area contributed by atoms with Gasteiger partial charge in [-0.15, -0.1) is 35.7 Å². The minimum atomic E-state index is -3.69. The Balaban J connectivity index is 0.00000338. The molecule has 0 saturated carbocycles. The van der Waals surface area contributed by atoms with Gasteiger partial charge in [0, 0.05) is 30.8 Å². The molecule has 26 heavy (non-hydrogen) atoms. The van der Waals surface area contributed by atoms with Crippen molar-refractivity contribution in [1.82, 2.24) is 10.6 Å². The van der Waals surface area contributed by atoms with E-state index in [0.717, 1.165) is 17.9 Å². The summed E-state index contributed by atoms with van der Waals surface area (Å²) < 4.78 is 22.8. The lowest BCUT2D eigenvalue weighted by Crippen LogP contribution is -2.37. The van der Waals surface area contributed by atoms with Crippen LogP contribution >= 0.6 is 35.7 Å². The van der Waals surface area contributed by atoms with E-state index in [4.69, 9.17) is 5.14 Å². The van der Waals surface area contributed by atoms with Crippen molar-refractivity contribution in [2.24, 2.45) is 10.1 Å². The van der Waals surface area contributed by atoms with Crippen molar-refractivity contribution in [1.29, 1.82) is 0 Å². The van der Waals surface area contributed by atoms with Crippen LogP contribution < -0.4 is 15.8 Å². The van der Waals surface area contributed by atoms with Gasteiger partial charge in [0.05, 0.1) is 4.90 Å². The van der Waals surface area contributed by atoms with Gasteiger partial charge in [0.1, 0.15) is 0 Å². The average Bonchev–Trinajstić information content (AvgIpc) is 2.61. The van der Waals surface area contributed by atoms with Crippen LogP contribution in [0.1, 0.15) is 5.56 Å². The van der Waals surface area contributed by atoms with E-state index in [2.05, 4.69) is 27.8 Å². The zero-order chi connectivity index (χ0) is 18.1. The number of sulfonamides is 1. The lowest BCUT2D eigenvalue weighted by Gasteiger charge is -2.12. The second-order valence-electron chi connectivity index (χ2n) is 5.21. The highest BCUT2D eigenvalue weighted by molar-refractivity contribution is 14.0. The van der Waals surface area contributed by atoms with Gasteiger partial charge in [-0.05, 0) is 29.8 Å². The van der Waals surface area contributed by atoms with Crippen molar-refractivity contribution in [3.8, 4) is 0 Å². The van der Waals surface area contributed by atoms with Crippen LogP contribution in [0.3, 0.4) is 0 Å². The summed E-state index contributed by atoms with van der Waals surface area (Å²) in [6, 6.07) is 16.7. The van der Waals surface area contributed by atoms with E-state index in [1.54, 1.807) is 30.9 Å². The minimum Gasteiger partial charge on any atom is -0.356 e. The van der Waals surface area contributed by atoms with Crippen molar-refractivity contribution in [3.63, 3.8) is 0 Å². The predicted molar refractivity (Wildman–Crippen MR) is 119 cm³/mol. The van der Waals surface area contributed by atoms with Crippen molar-refractivity contribution >= 4 is 51.7 Å². The van der Waals surface area contributed by atoms with Gasteiger partial charge in [-0.3, -0.25) is 4.99 Å². The highest BCUT2D eigenvalue weighted by atomic mass is 127. The summed E-state index contributed by atoms with van der Waals surface area (Å²) in [4.78, 5) is 5.50. The third kappa shape index (κ3) is 7.94. The summed E-state index contributed by atoms with van der Waals surface area (Å²) in [5.41, 5.74) is 0.813. The highest BCUT2D eigenvalue weighted by Crippen LogP contribution is 2.15. The summed E-state index contributed by atoms with van der Waals surface area (Å²) in [6.07, 6.45) is 0. The van der Waals surface area contributed by atoms with Crippen LogP contribution in [0, 0.1) is 0 Å². The number of aliphatic imine (C=N–C) groups is 1. The van der Waals surface area contributed by atoms with Crippen LogP contribution in [0.2, 0.25) is 0 Å². The first kappa shape index (κ1) is 22.7. The number of nitrogens with zero attached hydrogens (tertiary/aromatic N) is 1. The van der Waals surface area contributed by atoms with Crippen LogP contribution in [0.4, 0.5) is 0 Å². The summed E-state index contributed by atoms with van der Waals surface area (Å²) in [7, 11) is -1.99. The lowest BCUT2D eigenvalue weighted by atomic mass is 10.2. The lowest BCUT2D eigenvalue weighted by molar-refractivity contribution is 0.597. The monoisotopic (exact) mass is 506 g/mol. The van der Waals surface area contributed by atoms with Crippen molar-refractivity contribution in [2.45, 2.75) is 16.3 Å². The number of nitrogens with one attached hydrogen (secondary N) is 2. The molecule has 2 rings (SSSR count). The van der Waals surface area contributed by atoms with Crippen LogP contribution in [0.15, 0.2) is 69.4 Å². The molecule has 6 nitrogen and oxygen atoms in total. The van der Waals surface area contributed by atoms with Crippen LogP contribution in [-0.2, 0) is 16.6 Å². The molecule has 2 aromatic rings. The molecule has 2 aromatic carbocycles. The van der Waals surface area contributed by atoms with Crippen LogP contribution in [-0.4, -0.2) is 33.7 Å². The van der Waals surface area contributed by atoms with Crippen molar-refractivity contribution in [2.75, 3.05) is 19.3 Å². The molecular weight excluding hydrogens is 483 g/mol. The Morgan fingerprint density at radius 3 is 2.50 bits per heavy atom. The van der Waals surface area contributed by atoms with E-state index in [1.807, 2.05) is 24.3 Å². The highest BCUT2D eigenvalue weighted by Gasteiger charge is 2.08. The maximum Gasteiger partial charge on any atom is 0.238 e. The Bertz CT molecular complexity index is 815. The molecule has 0 aromatic heterocycles. The number of hydrogen-bond donors (Lipinski definition) is 3. The third-order valence-corrected chi connectivity index (χ3v) is 5.24. The average molecular weight is 506 g/mol. The molecule has 0 unspecified atom stereocenters. The molecule has 0 bridgehead atoms. The molecule has 4 N–H and O–H groups in total. The fourth-order valence-corrected chi connectivity index (χ4v) is 3.47. The van der Waals surface area contributed by atoms with Gasteiger partial charge in [-0.1, -0.05) is 30.3 Å². The van der Waals surface area contributed by atoms with E-state index in [0.29, 0.717) is 12.5 Å². The standard InChI is InChI=1S/C17H22N4O2S2.HI/c1-19-17(20-10-11-24-15-7-3-2-4-8-15)21-13-14-6-5-9-16(12-14)25(18,22)23;/h2-9,12H,10-11,13H2,1H3,(H2,18,22,23)(H2,19,20,21);1H. The Hall–Kier alpha value is -1.30. The number of guanidine groups is 1. The first-order valence-electron chi connectivity index (χ1n) is 7.73. The Kier molecular flexibility index (Phi) is 9.99. The van der Waals surface area contributed by atoms with E-state index in [-0.39, 0.29) is 28.9 Å². The van der Waals surface area contributed by atoms with Gasteiger partial charge >= 0.3 is 0 Å². The fourth-order valence-electron chi connectivity index (χ4n) is 2.09. The van der Waals surface area contributed by atoms with E-state index >= 15 is 0 Å². The maximum absolute atomic E-state index is 11.4. The number of rotatable bonds is 7. The Morgan fingerprint density at radius 2 is 1.85 bits per heavy atom. The van der Waals surface area contributed by atoms with Gasteiger partial charge in [-0.2, -0.15) is 0 Å².